The Labute approximate surface area is 95.8 Å². The third kappa shape index (κ3) is 3.21. The van der Waals surface area contributed by atoms with Crippen molar-refractivity contribution in [2.75, 3.05) is 0 Å². The molecule has 0 N–H and O–H groups in total. The topological polar surface area (TPSA) is 17.1 Å². The van der Waals surface area contributed by atoms with Crippen LogP contribution in [0.5, 0.6) is 0 Å². The summed E-state index contributed by atoms with van der Waals surface area (Å²) in [6, 6.07) is 7.47. The molecule has 1 nitrogen and oxygen atoms in total. The fraction of sp³-hybridized carbons (Fsp3) is 0.308. The first-order chi connectivity index (χ1) is 7.19. The second kappa shape index (κ2) is 5.72. The Balaban J connectivity index is 2.79. The van der Waals surface area contributed by atoms with Crippen molar-refractivity contribution in [1.82, 2.24) is 0 Å². The summed E-state index contributed by atoms with van der Waals surface area (Å²) in [6.45, 7) is 3.88. The van der Waals surface area contributed by atoms with Crippen molar-refractivity contribution in [2.45, 2.75) is 26.7 Å². The van der Waals surface area contributed by atoms with E-state index in [4.69, 9.17) is 11.6 Å². The van der Waals surface area contributed by atoms with Crippen LogP contribution in [-0.2, 0) is 11.2 Å². The van der Waals surface area contributed by atoms with E-state index in [2.05, 4.69) is 0 Å². The first-order valence-electron chi connectivity index (χ1n) is 5.10. The van der Waals surface area contributed by atoms with E-state index in [1.807, 2.05) is 44.2 Å². The standard InChI is InChI=1S/C13H15ClO/c1-3-10(4-2)13(15)9-11-7-5-6-8-12(11)14/h3,5-8H,4,9H2,1-2H3/b10-3-. The maximum Gasteiger partial charge on any atom is 0.162 e. The second-order valence-electron chi connectivity index (χ2n) is 3.36. The van der Waals surface area contributed by atoms with E-state index in [1.54, 1.807) is 0 Å². The summed E-state index contributed by atoms with van der Waals surface area (Å²) < 4.78 is 0. The van der Waals surface area contributed by atoms with Crippen LogP contribution in [0.4, 0.5) is 0 Å². The lowest BCUT2D eigenvalue weighted by molar-refractivity contribution is -0.115. The minimum Gasteiger partial charge on any atom is -0.294 e. The van der Waals surface area contributed by atoms with Crippen LogP contribution in [0.3, 0.4) is 0 Å². The lowest BCUT2D eigenvalue weighted by atomic mass is 10.0. The van der Waals surface area contributed by atoms with E-state index < -0.39 is 0 Å². The van der Waals surface area contributed by atoms with Crippen LogP contribution in [0.25, 0.3) is 0 Å². The van der Waals surface area contributed by atoms with Gasteiger partial charge < -0.3 is 0 Å². The van der Waals surface area contributed by atoms with E-state index in [9.17, 15) is 4.79 Å². The molecule has 80 valence electrons. The minimum absolute atomic E-state index is 0.160. The maximum atomic E-state index is 11.8. The number of benzene rings is 1. The molecule has 0 fully saturated rings. The molecule has 0 saturated carbocycles. The van der Waals surface area contributed by atoms with E-state index in [0.29, 0.717) is 11.4 Å². The smallest absolute Gasteiger partial charge is 0.162 e. The Morgan fingerprint density at radius 1 is 1.40 bits per heavy atom. The highest BCUT2D eigenvalue weighted by Gasteiger charge is 2.09. The zero-order valence-electron chi connectivity index (χ0n) is 9.09. The van der Waals surface area contributed by atoms with Crippen LogP contribution < -0.4 is 0 Å². The second-order valence-corrected chi connectivity index (χ2v) is 3.77. The minimum atomic E-state index is 0.160. The number of rotatable bonds is 4. The van der Waals surface area contributed by atoms with E-state index >= 15 is 0 Å². The van der Waals surface area contributed by atoms with Crippen molar-refractivity contribution >= 4 is 17.4 Å². The third-order valence-corrected chi connectivity index (χ3v) is 2.77. The largest absolute Gasteiger partial charge is 0.294 e. The molecule has 0 heterocycles. The molecule has 0 saturated heterocycles. The number of hydrogen-bond donors (Lipinski definition) is 0. The zero-order valence-corrected chi connectivity index (χ0v) is 9.84. The molecule has 0 radical (unpaired) electrons. The highest BCUT2D eigenvalue weighted by molar-refractivity contribution is 6.31. The van der Waals surface area contributed by atoms with Crippen LogP contribution in [-0.4, -0.2) is 5.78 Å². The van der Waals surface area contributed by atoms with Gasteiger partial charge in [-0.1, -0.05) is 42.8 Å². The number of Topliss-reactive ketones (excluding diaryl/α,β-unsaturated/α-hetero) is 1. The van der Waals surface area contributed by atoms with Crippen molar-refractivity contribution in [1.29, 1.82) is 0 Å². The van der Waals surface area contributed by atoms with Gasteiger partial charge in [0.05, 0.1) is 0 Å². The van der Waals surface area contributed by atoms with Crippen LogP contribution in [0.2, 0.25) is 5.02 Å². The molecule has 0 bridgehead atoms. The summed E-state index contributed by atoms with van der Waals surface area (Å²) >= 11 is 5.99. The van der Waals surface area contributed by atoms with E-state index in [-0.39, 0.29) is 5.78 Å². The van der Waals surface area contributed by atoms with Gasteiger partial charge in [0.1, 0.15) is 0 Å². The van der Waals surface area contributed by atoms with Crippen LogP contribution in [0.1, 0.15) is 25.8 Å². The number of hydrogen-bond acceptors (Lipinski definition) is 1. The predicted molar refractivity (Wildman–Crippen MR) is 64.2 cm³/mol. The molecule has 15 heavy (non-hydrogen) atoms. The Kier molecular flexibility index (Phi) is 4.57. The molecular formula is C13H15ClO. The summed E-state index contributed by atoms with van der Waals surface area (Å²) in [4.78, 5) is 11.8. The van der Waals surface area contributed by atoms with E-state index in [1.165, 1.54) is 0 Å². The fourth-order valence-corrected chi connectivity index (χ4v) is 1.69. The molecule has 0 aliphatic rings. The lowest BCUT2D eigenvalue weighted by Crippen LogP contribution is -2.06. The highest BCUT2D eigenvalue weighted by atomic mass is 35.5. The van der Waals surface area contributed by atoms with Crippen molar-refractivity contribution in [3.05, 3.63) is 46.5 Å². The summed E-state index contributed by atoms with van der Waals surface area (Å²) in [5.41, 5.74) is 1.77. The average Bonchev–Trinajstić information content (AvgIpc) is 2.23. The number of carbonyl (C=O) groups excluding carboxylic acids is 1. The van der Waals surface area contributed by atoms with E-state index in [0.717, 1.165) is 17.6 Å². The van der Waals surface area contributed by atoms with Gasteiger partial charge in [-0.15, -0.1) is 0 Å². The van der Waals surface area contributed by atoms with Crippen LogP contribution >= 0.6 is 11.6 Å². The molecule has 2 heteroatoms. The quantitative estimate of drug-likeness (QED) is 0.708. The molecule has 0 aromatic heterocycles. The normalized spacial score (nSPS) is 11.5. The molecule has 1 rings (SSSR count). The summed E-state index contributed by atoms with van der Waals surface area (Å²) in [7, 11) is 0. The SMILES string of the molecule is C/C=C(/CC)C(=O)Cc1ccccc1Cl. The number of allylic oxidation sites excluding steroid dienone is 2. The molecule has 0 unspecified atom stereocenters. The van der Waals surface area contributed by atoms with Crippen LogP contribution in [0.15, 0.2) is 35.9 Å². The van der Waals surface area contributed by atoms with Gasteiger partial charge in [-0.05, 0) is 30.5 Å². The zero-order chi connectivity index (χ0) is 11.3. The van der Waals surface area contributed by atoms with Crippen molar-refractivity contribution < 1.29 is 4.79 Å². The predicted octanol–water partition coefficient (Wildman–Crippen LogP) is 3.81. The molecule has 0 aliphatic heterocycles. The van der Waals surface area contributed by atoms with Gasteiger partial charge in [-0.3, -0.25) is 4.79 Å². The van der Waals surface area contributed by atoms with Crippen molar-refractivity contribution in [3.8, 4) is 0 Å². The summed E-state index contributed by atoms with van der Waals surface area (Å²) in [5.74, 6) is 0.160. The monoisotopic (exact) mass is 222 g/mol. The Bertz CT molecular complexity index is 380. The lowest BCUT2D eigenvalue weighted by Gasteiger charge is -2.05. The molecule has 0 spiro atoms. The molecule has 1 aromatic rings. The third-order valence-electron chi connectivity index (χ3n) is 2.40. The number of halogens is 1. The van der Waals surface area contributed by atoms with Gasteiger partial charge in [-0.25, -0.2) is 0 Å². The maximum absolute atomic E-state index is 11.8. The highest BCUT2D eigenvalue weighted by Crippen LogP contribution is 2.17. The summed E-state index contributed by atoms with van der Waals surface area (Å²) in [6.07, 6.45) is 3.05. The van der Waals surface area contributed by atoms with Gasteiger partial charge in [0.15, 0.2) is 5.78 Å². The van der Waals surface area contributed by atoms with Crippen molar-refractivity contribution in [3.63, 3.8) is 0 Å². The number of ketones is 1. The molecule has 0 amide bonds. The van der Waals surface area contributed by atoms with Gasteiger partial charge in [0, 0.05) is 11.4 Å². The van der Waals surface area contributed by atoms with Gasteiger partial charge in [0.25, 0.3) is 0 Å². The Hall–Kier alpha value is -1.08. The Morgan fingerprint density at radius 2 is 2.07 bits per heavy atom. The van der Waals surface area contributed by atoms with Crippen LogP contribution in [0, 0.1) is 0 Å². The number of carbonyl (C=O) groups is 1. The molecular weight excluding hydrogens is 208 g/mol. The Morgan fingerprint density at radius 3 is 2.60 bits per heavy atom. The van der Waals surface area contributed by atoms with Crippen molar-refractivity contribution in [2.24, 2.45) is 0 Å². The van der Waals surface area contributed by atoms with Gasteiger partial charge in [-0.2, -0.15) is 0 Å². The average molecular weight is 223 g/mol. The first kappa shape index (κ1) is 12.0. The van der Waals surface area contributed by atoms with Gasteiger partial charge in [0.2, 0.25) is 0 Å². The molecule has 0 aliphatic carbocycles. The van der Waals surface area contributed by atoms with Gasteiger partial charge >= 0.3 is 0 Å². The first-order valence-corrected chi connectivity index (χ1v) is 5.48. The fourth-order valence-electron chi connectivity index (χ4n) is 1.49. The molecule has 0 atom stereocenters. The molecule has 1 aromatic carbocycles. The summed E-state index contributed by atoms with van der Waals surface area (Å²) in [5, 5.41) is 0.664.